The van der Waals surface area contributed by atoms with Crippen LogP contribution in [0.25, 0.3) is 0 Å². The van der Waals surface area contributed by atoms with Crippen molar-refractivity contribution in [2.75, 3.05) is 7.11 Å². The lowest BCUT2D eigenvalue weighted by atomic mass is 9.93. The van der Waals surface area contributed by atoms with Crippen molar-refractivity contribution in [3.63, 3.8) is 0 Å². The molecule has 0 bridgehead atoms. The van der Waals surface area contributed by atoms with Crippen LogP contribution in [0.1, 0.15) is 53.2 Å². The van der Waals surface area contributed by atoms with Gasteiger partial charge in [0.15, 0.2) is 5.78 Å². The smallest absolute Gasteiger partial charge is 0.178 e. The van der Waals surface area contributed by atoms with Crippen molar-refractivity contribution in [3.8, 4) is 5.75 Å². The van der Waals surface area contributed by atoms with Crippen LogP contribution in [0.5, 0.6) is 5.75 Å². The molecule has 0 aliphatic heterocycles. The summed E-state index contributed by atoms with van der Waals surface area (Å²) < 4.78 is 11.3. The Morgan fingerprint density at radius 2 is 2.00 bits per heavy atom. The van der Waals surface area contributed by atoms with Crippen LogP contribution >= 0.6 is 0 Å². The number of nitrogens with zero attached hydrogens (tertiary/aromatic N) is 1. The third kappa shape index (κ3) is 3.59. The van der Waals surface area contributed by atoms with Crippen molar-refractivity contribution in [3.05, 3.63) is 58.9 Å². The summed E-state index contributed by atoms with van der Waals surface area (Å²) in [5, 5.41) is 0. The van der Waals surface area contributed by atoms with Gasteiger partial charge in [-0.1, -0.05) is 18.2 Å². The molecule has 4 nitrogen and oxygen atoms in total. The number of hydrogen-bond acceptors (Lipinski definition) is 4. The van der Waals surface area contributed by atoms with E-state index in [-0.39, 0.29) is 11.9 Å². The van der Waals surface area contributed by atoms with Gasteiger partial charge in [-0.15, -0.1) is 0 Å². The highest BCUT2D eigenvalue weighted by Gasteiger charge is 2.23. The van der Waals surface area contributed by atoms with Crippen LogP contribution in [0, 0.1) is 0 Å². The predicted octanol–water partition coefficient (Wildman–Crippen LogP) is 3.89. The minimum atomic E-state index is -0.0415. The molecule has 2 aromatic rings. The summed E-state index contributed by atoms with van der Waals surface area (Å²) >= 11 is 0. The van der Waals surface area contributed by atoms with Gasteiger partial charge in [0.25, 0.3) is 0 Å². The highest BCUT2D eigenvalue weighted by atomic mass is 16.5. The van der Waals surface area contributed by atoms with Crippen molar-refractivity contribution < 1.29 is 14.3 Å². The maximum atomic E-state index is 11.6. The van der Waals surface area contributed by atoms with Crippen LogP contribution in [-0.4, -0.2) is 17.9 Å². The van der Waals surface area contributed by atoms with Crippen LogP contribution in [0.2, 0.25) is 0 Å². The van der Waals surface area contributed by atoms with E-state index in [1.807, 2.05) is 36.4 Å². The number of Topliss-reactive ketones (excluding diaryl/α,β-unsaturated/α-hetero) is 1. The molecule has 0 spiro atoms. The molecule has 23 heavy (non-hydrogen) atoms. The molecule has 1 atom stereocenters. The molecule has 0 saturated heterocycles. The molecule has 3 rings (SSSR count). The second-order valence-corrected chi connectivity index (χ2v) is 5.84. The van der Waals surface area contributed by atoms with Gasteiger partial charge in [0.2, 0.25) is 0 Å². The minimum absolute atomic E-state index is 0.00715. The summed E-state index contributed by atoms with van der Waals surface area (Å²) in [5.74, 6) is 0.830. The number of carbonyl (C=O) groups excluding carboxylic acids is 1. The van der Waals surface area contributed by atoms with Crippen LogP contribution in [0.15, 0.2) is 36.4 Å². The number of hydrogen-bond donors (Lipinski definition) is 0. The molecular formula is C19H21NO3. The zero-order valence-electron chi connectivity index (χ0n) is 13.5. The standard InChI is InChI=1S/C19H21NO3/c1-13(21)17-11-8-15-4-3-5-18(19(15)20-17)23-12-14-6-9-16(22-2)10-7-14/h6-11,18H,3-5,12H2,1-2H3. The van der Waals surface area contributed by atoms with Crippen molar-refractivity contribution in [1.29, 1.82) is 0 Å². The Bertz CT molecular complexity index is 694. The average Bonchev–Trinajstić information content (AvgIpc) is 2.59. The van der Waals surface area contributed by atoms with E-state index < -0.39 is 0 Å². The lowest BCUT2D eigenvalue weighted by molar-refractivity contribution is 0.0251. The molecule has 0 N–H and O–H groups in total. The van der Waals surface area contributed by atoms with Gasteiger partial charge in [0.05, 0.1) is 19.4 Å². The SMILES string of the molecule is COc1ccc(COC2CCCc3ccc(C(C)=O)nc32)cc1. The van der Waals surface area contributed by atoms with E-state index in [9.17, 15) is 4.79 Å². The lowest BCUT2D eigenvalue weighted by Crippen LogP contribution is -2.16. The van der Waals surface area contributed by atoms with Crippen molar-refractivity contribution in [2.24, 2.45) is 0 Å². The molecule has 120 valence electrons. The van der Waals surface area contributed by atoms with Crippen LogP contribution < -0.4 is 4.74 Å². The van der Waals surface area contributed by atoms with E-state index in [4.69, 9.17) is 9.47 Å². The summed E-state index contributed by atoms with van der Waals surface area (Å²) in [7, 11) is 1.66. The Morgan fingerprint density at radius 3 is 2.70 bits per heavy atom. The Hall–Kier alpha value is -2.20. The molecular weight excluding hydrogens is 290 g/mol. The van der Waals surface area contributed by atoms with Gasteiger partial charge in [-0.05, 0) is 48.6 Å². The van der Waals surface area contributed by atoms with E-state index >= 15 is 0 Å². The van der Waals surface area contributed by atoms with Crippen LogP contribution in [-0.2, 0) is 17.8 Å². The molecule has 1 aliphatic carbocycles. The first-order chi connectivity index (χ1) is 11.2. The predicted molar refractivity (Wildman–Crippen MR) is 87.7 cm³/mol. The topological polar surface area (TPSA) is 48.4 Å². The van der Waals surface area contributed by atoms with Gasteiger partial charge in [-0.2, -0.15) is 0 Å². The zero-order valence-corrected chi connectivity index (χ0v) is 13.5. The van der Waals surface area contributed by atoms with Crippen molar-refractivity contribution in [1.82, 2.24) is 4.98 Å². The fraction of sp³-hybridized carbons (Fsp3) is 0.368. The maximum Gasteiger partial charge on any atom is 0.178 e. The van der Waals surface area contributed by atoms with Gasteiger partial charge >= 0.3 is 0 Å². The second kappa shape index (κ2) is 6.92. The molecule has 1 aromatic heterocycles. The molecule has 0 radical (unpaired) electrons. The van der Waals surface area contributed by atoms with Crippen LogP contribution in [0.4, 0.5) is 0 Å². The van der Waals surface area contributed by atoms with E-state index in [0.29, 0.717) is 12.3 Å². The summed E-state index contributed by atoms with van der Waals surface area (Å²) in [6.07, 6.45) is 2.99. The highest BCUT2D eigenvalue weighted by Crippen LogP contribution is 2.32. The normalized spacial score (nSPS) is 16.7. The first-order valence-corrected chi connectivity index (χ1v) is 7.92. The molecule has 0 saturated carbocycles. The van der Waals surface area contributed by atoms with Gasteiger partial charge < -0.3 is 9.47 Å². The number of ketones is 1. The number of aromatic nitrogens is 1. The number of ether oxygens (including phenoxy) is 2. The van der Waals surface area contributed by atoms with E-state index in [1.165, 1.54) is 5.56 Å². The number of aryl methyl sites for hydroxylation is 1. The monoisotopic (exact) mass is 311 g/mol. The Balaban J connectivity index is 1.74. The molecule has 4 heteroatoms. The lowest BCUT2D eigenvalue weighted by Gasteiger charge is -2.25. The van der Waals surface area contributed by atoms with E-state index in [1.54, 1.807) is 14.0 Å². The molecule has 1 unspecified atom stereocenters. The summed E-state index contributed by atoms with van der Waals surface area (Å²) in [6.45, 7) is 2.07. The molecule has 0 fully saturated rings. The fourth-order valence-corrected chi connectivity index (χ4v) is 2.89. The Morgan fingerprint density at radius 1 is 1.22 bits per heavy atom. The summed E-state index contributed by atoms with van der Waals surface area (Å²) in [5.41, 5.74) is 3.74. The van der Waals surface area contributed by atoms with E-state index in [0.717, 1.165) is 36.3 Å². The number of rotatable bonds is 5. The number of methoxy groups -OCH3 is 1. The summed E-state index contributed by atoms with van der Waals surface area (Å²) in [4.78, 5) is 16.1. The highest BCUT2D eigenvalue weighted by molar-refractivity contribution is 5.92. The molecule has 0 amide bonds. The molecule has 1 heterocycles. The summed E-state index contributed by atoms with van der Waals surface area (Å²) in [6, 6.07) is 11.7. The Kier molecular flexibility index (Phi) is 4.72. The number of carbonyl (C=O) groups is 1. The minimum Gasteiger partial charge on any atom is -0.497 e. The van der Waals surface area contributed by atoms with Crippen molar-refractivity contribution in [2.45, 2.75) is 38.9 Å². The van der Waals surface area contributed by atoms with Gasteiger partial charge in [0.1, 0.15) is 17.5 Å². The largest absolute Gasteiger partial charge is 0.497 e. The van der Waals surface area contributed by atoms with Crippen LogP contribution in [0.3, 0.4) is 0 Å². The zero-order chi connectivity index (χ0) is 16.2. The van der Waals surface area contributed by atoms with E-state index in [2.05, 4.69) is 4.98 Å². The average molecular weight is 311 g/mol. The van der Waals surface area contributed by atoms with Gasteiger partial charge in [0, 0.05) is 6.92 Å². The first-order valence-electron chi connectivity index (χ1n) is 7.92. The third-order valence-corrected chi connectivity index (χ3v) is 4.20. The van der Waals surface area contributed by atoms with Gasteiger partial charge in [-0.25, -0.2) is 4.98 Å². The number of pyridine rings is 1. The third-order valence-electron chi connectivity index (χ3n) is 4.20. The number of fused-ring (bicyclic) bond motifs is 1. The second-order valence-electron chi connectivity index (χ2n) is 5.84. The van der Waals surface area contributed by atoms with Gasteiger partial charge in [-0.3, -0.25) is 4.79 Å². The molecule has 1 aliphatic rings. The van der Waals surface area contributed by atoms with Crippen molar-refractivity contribution >= 4 is 5.78 Å². The quantitative estimate of drug-likeness (QED) is 0.786. The Labute approximate surface area is 136 Å². The number of benzene rings is 1. The fourth-order valence-electron chi connectivity index (χ4n) is 2.89. The molecule has 1 aromatic carbocycles. The first kappa shape index (κ1) is 15.7. The maximum absolute atomic E-state index is 11.6.